The standard InChI is InChI=1S/C16H21N5O2/c1-3-20-6-7-21(11-14(20)15-18-4-5-19(15)2)16(23)12-8-13(22)10-17-9-12/h4-5,8-10,14,22H,3,6-7,11H2,1-2H3/t14-/m1/s1. The molecule has 0 aromatic carbocycles. The number of amides is 1. The number of carbonyl (C=O) groups is 1. The zero-order chi connectivity index (χ0) is 16.4. The lowest BCUT2D eigenvalue weighted by molar-refractivity contribution is 0.0472. The molecule has 1 fully saturated rings. The Morgan fingerprint density at radius 2 is 2.22 bits per heavy atom. The quantitative estimate of drug-likeness (QED) is 0.916. The Morgan fingerprint density at radius 1 is 1.39 bits per heavy atom. The van der Waals surface area contributed by atoms with E-state index < -0.39 is 0 Å². The van der Waals surface area contributed by atoms with Gasteiger partial charge in [-0.1, -0.05) is 6.92 Å². The Bertz CT molecular complexity index is 699. The minimum atomic E-state index is -0.108. The molecule has 0 bridgehead atoms. The van der Waals surface area contributed by atoms with Crippen molar-refractivity contribution in [3.63, 3.8) is 0 Å². The van der Waals surface area contributed by atoms with Gasteiger partial charge in [0.15, 0.2) is 0 Å². The van der Waals surface area contributed by atoms with E-state index in [4.69, 9.17) is 0 Å². The van der Waals surface area contributed by atoms with Crippen LogP contribution in [-0.4, -0.2) is 61.5 Å². The van der Waals surface area contributed by atoms with Gasteiger partial charge in [0.2, 0.25) is 0 Å². The van der Waals surface area contributed by atoms with Crippen molar-refractivity contribution in [1.82, 2.24) is 24.3 Å². The Morgan fingerprint density at radius 3 is 2.87 bits per heavy atom. The fraction of sp³-hybridized carbons (Fsp3) is 0.438. The normalized spacial score (nSPS) is 19.0. The van der Waals surface area contributed by atoms with Crippen molar-refractivity contribution in [2.24, 2.45) is 7.05 Å². The fourth-order valence-corrected chi connectivity index (χ4v) is 3.05. The van der Waals surface area contributed by atoms with E-state index in [0.717, 1.165) is 18.9 Å². The number of hydrogen-bond acceptors (Lipinski definition) is 5. The highest BCUT2D eigenvalue weighted by Crippen LogP contribution is 2.25. The summed E-state index contributed by atoms with van der Waals surface area (Å²) >= 11 is 0. The zero-order valence-corrected chi connectivity index (χ0v) is 13.4. The van der Waals surface area contributed by atoms with E-state index in [9.17, 15) is 9.90 Å². The van der Waals surface area contributed by atoms with Crippen LogP contribution in [0.1, 0.15) is 29.1 Å². The van der Waals surface area contributed by atoms with Gasteiger partial charge >= 0.3 is 0 Å². The molecule has 0 aliphatic carbocycles. The first-order chi connectivity index (χ1) is 11.1. The third kappa shape index (κ3) is 3.05. The van der Waals surface area contributed by atoms with Crippen molar-refractivity contribution < 1.29 is 9.90 Å². The molecule has 0 spiro atoms. The number of nitrogens with zero attached hydrogens (tertiary/aromatic N) is 5. The second kappa shape index (κ2) is 6.37. The molecule has 0 radical (unpaired) electrons. The van der Waals surface area contributed by atoms with E-state index in [-0.39, 0.29) is 17.7 Å². The summed E-state index contributed by atoms with van der Waals surface area (Å²) in [5, 5.41) is 9.52. The van der Waals surface area contributed by atoms with Crippen LogP contribution >= 0.6 is 0 Å². The van der Waals surface area contributed by atoms with Crippen LogP contribution in [0.5, 0.6) is 5.75 Å². The minimum Gasteiger partial charge on any atom is -0.506 e. The van der Waals surface area contributed by atoms with Crippen molar-refractivity contribution in [2.75, 3.05) is 26.2 Å². The molecule has 1 atom stereocenters. The van der Waals surface area contributed by atoms with Crippen LogP contribution in [0.3, 0.4) is 0 Å². The number of imidazole rings is 1. The van der Waals surface area contributed by atoms with Crippen LogP contribution in [0.4, 0.5) is 0 Å². The first kappa shape index (κ1) is 15.5. The number of rotatable bonds is 3. The average Bonchev–Trinajstić information content (AvgIpc) is 2.99. The molecule has 2 aromatic rings. The molecule has 0 saturated carbocycles. The van der Waals surface area contributed by atoms with E-state index in [1.165, 1.54) is 18.5 Å². The van der Waals surface area contributed by atoms with Gasteiger partial charge < -0.3 is 14.6 Å². The monoisotopic (exact) mass is 315 g/mol. The molecule has 1 N–H and O–H groups in total. The van der Waals surface area contributed by atoms with E-state index in [0.29, 0.717) is 18.7 Å². The minimum absolute atomic E-state index is 0.00342. The van der Waals surface area contributed by atoms with Gasteiger partial charge in [-0.15, -0.1) is 0 Å². The van der Waals surface area contributed by atoms with Gasteiger partial charge in [0.25, 0.3) is 5.91 Å². The van der Waals surface area contributed by atoms with E-state index >= 15 is 0 Å². The first-order valence-corrected chi connectivity index (χ1v) is 7.74. The number of hydrogen-bond donors (Lipinski definition) is 1. The fourth-order valence-electron chi connectivity index (χ4n) is 3.05. The van der Waals surface area contributed by atoms with Gasteiger partial charge in [-0.05, 0) is 12.6 Å². The summed E-state index contributed by atoms with van der Waals surface area (Å²) in [7, 11) is 1.97. The summed E-state index contributed by atoms with van der Waals surface area (Å²) in [5.74, 6) is 0.852. The topological polar surface area (TPSA) is 74.5 Å². The molecule has 1 aliphatic heterocycles. The van der Waals surface area contributed by atoms with Crippen LogP contribution in [0.2, 0.25) is 0 Å². The smallest absolute Gasteiger partial charge is 0.255 e. The molecule has 1 aliphatic rings. The summed E-state index contributed by atoms with van der Waals surface area (Å²) < 4.78 is 2.00. The summed E-state index contributed by atoms with van der Waals surface area (Å²) in [5.41, 5.74) is 0.411. The van der Waals surface area contributed by atoms with E-state index in [2.05, 4.69) is 21.8 Å². The van der Waals surface area contributed by atoms with Crippen molar-refractivity contribution in [3.05, 3.63) is 42.2 Å². The lowest BCUT2D eigenvalue weighted by atomic mass is 10.1. The van der Waals surface area contributed by atoms with E-state index in [1.54, 1.807) is 6.20 Å². The van der Waals surface area contributed by atoms with Crippen LogP contribution in [-0.2, 0) is 7.05 Å². The summed E-state index contributed by atoms with van der Waals surface area (Å²) in [4.78, 5) is 25.1. The summed E-state index contributed by atoms with van der Waals surface area (Å²) in [6.45, 7) is 5.06. The van der Waals surface area contributed by atoms with Gasteiger partial charge in [0.05, 0.1) is 17.8 Å². The number of aromatic hydroxyl groups is 1. The maximum Gasteiger partial charge on any atom is 0.255 e. The second-order valence-corrected chi connectivity index (χ2v) is 5.72. The Kier molecular flexibility index (Phi) is 4.29. The molecule has 1 saturated heterocycles. The molecule has 7 nitrogen and oxygen atoms in total. The Hall–Kier alpha value is -2.41. The van der Waals surface area contributed by atoms with Gasteiger partial charge in [0, 0.05) is 45.3 Å². The molecule has 122 valence electrons. The lowest BCUT2D eigenvalue weighted by Crippen LogP contribution is -2.50. The number of aromatic nitrogens is 3. The molecule has 23 heavy (non-hydrogen) atoms. The molecule has 7 heteroatoms. The largest absolute Gasteiger partial charge is 0.506 e. The molecule has 3 heterocycles. The maximum atomic E-state index is 12.7. The van der Waals surface area contributed by atoms with Crippen LogP contribution in [0.25, 0.3) is 0 Å². The highest BCUT2D eigenvalue weighted by molar-refractivity contribution is 5.94. The predicted molar refractivity (Wildman–Crippen MR) is 85.0 cm³/mol. The van der Waals surface area contributed by atoms with Crippen LogP contribution < -0.4 is 0 Å². The summed E-state index contributed by atoms with van der Waals surface area (Å²) in [6, 6.07) is 1.53. The Labute approximate surface area is 135 Å². The number of likely N-dealkylation sites (N-methyl/N-ethyl adjacent to an activating group) is 1. The third-order valence-corrected chi connectivity index (χ3v) is 4.31. The van der Waals surface area contributed by atoms with Crippen molar-refractivity contribution in [1.29, 1.82) is 0 Å². The molecule has 1 amide bonds. The number of carbonyl (C=O) groups excluding carboxylic acids is 1. The van der Waals surface area contributed by atoms with Crippen LogP contribution in [0, 0.1) is 0 Å². The molecular weight excluding hydrogens is 294 g/mol. The van der Waals surface area contributed by atoms with Gasteiger partial charge in [0.1, 0.15) is 11.6 Å². The molecule has 0 unspecified atom stereocenters. The Balaban J connectivity index is 1.83. The molecule has 2 aromatic heterocycles. The van der Waals surface area contributed by atoms with Crippen molar-refractivity contribution in [3.8, 4) is 5.75 Å². The van der Waals surface area contributed by atoms with Crippen molar-refractivity contribution >= 4 is 5.91 Å². The molecule has 3 rings (SSSR count). The second-order valence-electron chi connectivity index (χ2n) is 5.72. The summed E-state index contributed by atoms with van der Waals surface area (Å²) in [6.07, 6.45) is 6.51. The average molecular weight is 315 g/mol. The maximum absolute atomic E-state index is 12.7. The number of aryl methyl sites for hydroxylation is 1. The van der Waals surface area contributed by atoms with Gasteiger partial charge in [-0.25, -0.2) is 4.98 Å². The van der Waals surface area contributed by atoms with Gasteiger partial charge in [-0.3, -0.25) is 14.7 Å². The lowest BCUT2D eigenvalue weighted by Gasteiger charge is -2.40. The molecular formula is C16H21N5O2. The SMILES string of the molecule is CCN1CCN(C(=O)c2cncc(O)c2)C[C@@H]1c1nccn1C. The highest BCUT2D eigenvalue weighted by Gasteiger charge is 2.32. The van der Waals surface area contributed by atoms with Gasteiger partial charge in [-0.2, -0.15) is 0 Å². The van der Waals surface area contributed by atoms with Crippen LogP contribution in [0.15, 0.2) is 30.9 Å². The first-order valence-electron chi connectivity index (χ1n) is 7.74. The zero-order valence-electron chi connectivity index (χ0n) is 13.4. The van der Waals surface area contributed by atoms with Crippen molar-refractivity contribution in [2.45, 2.75) is 13.0 Å². The number of pyridine rings is 1. The highest BCUT2D eigenvalue weighted by atomic mass is 16.3. The number of piperazine rings is 1. The van der Waals surface area contributed by atoms with E-state index in [1.807, 2.05) is 22.7 Å². The predicted octanol–water partition coefficient (Wildman–Crippen LogP) is 1.04. The third-order valence-electron chi connectivity index (χ3n) is 4.31.